The van der Waals surface area contributed by atoms with Crippen LogP contribution in [0, 0.1) is 17.8 Å². The fourth-order valence-corrected chi connectivity index (χ4v) is 4.70. The van der Waals surface area contributed by atoms with Crippen molar-refractivity contribution >= 4 is 47.9 Å². The summed E-state index contributed by atoms with van der Waals surface area (Å²) in [6, 6.07) is -0.553. The lowest BCUT2D eigenvalue weighted by Gasteiger charge is -2.27. The lowest BCUT2D eigenvalue weighted by molar-refractivity contribution is -0.161. The molecule has 0 aromatic heterocycles. The highest BCUT2D eigenvalue weighted by atomic mass is 16.6. The molecule has 1 heterocycles. The normalized spacial score (nSPS) is 14.3. The van der Waals surface area contributed by atoms with Gasteiger partial charge in [-0.25, -0.2) is 9.59 Å². The number of rotatable bonds is 15. The van der Waals surface area contributed by atoms with E-state index in [1.165, 1.54) is 4.90 Å². The number of likely N-dealkylation sites (tertiary alicyclic amines) is 1. The summed E-state index contributed by atoms with van der Waals surface area (Å²) >= 11 is 0. The van der Waals surface area contributed by atoms with Gasteiger partial charge in [0.25, 0.3) is 0 Å². The fourth-order valence-electron chi connectivity index (χ4n) is 4.70. The maximum atomic E-state index is 11.9. The first-order valence-electron chi connectivity index (χ1n) is 20.5. The average molecular weight is 898 g/mol. The largest absolute Gasteiger partial charge is 0.460 e. The van der Waals surface area contributed by atoms with Crippen LogP contribution in [0.5, 0.6) is 0 Å². The van der Waals surface area contributed by atoms with Crippen molar-refractivity contribution in [3.63, 3.8) is 0 Å². The van der Waals surface area contributed by atoms with Gasteiger partial charge in [0, 0.05) is 6.54 Å². The number of hydrogen-bond donors (Lipinski definition) is 0. The van der Waals surface area contributed by atoms with Gasteiger partial charge in [0.1, 0.15) is 28.4 Å². The highest BCUT2D eigenvalue weighted by Crippen LogP contribution is 2.22. The second kappa shape index (κ2) is 29.8. The van der Waals surface area contributed by atoms with E-state index in [4.69, 9.17) is 28.4 Å². The van der Waals surface area contributed by atoms with Crippen LogP contribution >= 0.6 is 0 Å². The monoisotopic (exact) mass is 898 g/mol. The molecular formula is C46H75NO16. The maximum Gasteiger partial charge on any atom is 0.411 e. The number of amides is 1. The molecule has 3 unspecified atom stereocenters. The molecule has 360 valence electrons. The molecule has 0 radical (unpaired) electrons. The standard InChI is InChI=1S/C13H22O4.C12H19NO4.C11H18O4.C10H16O4/c1-7-16-12(15)10(9(2)3)8-11(14)17-13(4,5)6;1-5-16-10(14)9-7-6-8-13(9)11(15)17-12(2,3)4;1-6-14-10(13)8(2)7-9(12)15-11(3,4)5;1-5-13-8(11)6-7-9(12)14-10(2,3)4/h7,9-10H,1,8H2,2-6H3;5,9H,1,6-8H2,2-4H3;6,8H,1,7H2,2-5H3;5H,1,6-7H2,2-4H3. The van der Waals surface area contributed by atoms with E-state index in [0.717, 1.165) is 31.5 Å². The van der Waals surface area contributed by atoms with Crippen LogP contribution in [0.2, 0.25) is 0 Å². The Bertz CT molecular complexity index is 1520. The minimum absolute atomic E-state index is 0.00923. The van der Waals surface area contributed by atoms with Crippen molar-refractivity contribution in [1.29, 1.82) is 0 Å². The Balaban J connectivity index is -0.000000765. The van der Waals surface area contributed by atoms with E-state index < -0.39 is 88.2 Å². The molecule has 0 bridgehead atoms. The quantitative estimate of drug-likeness (QED) is 0.0855. The molecule has 0 aliphatic carbocycles. The SMILES string of the molecule is C=COC(=O)C(C)CC(=O)OC(C)(C)C.C=COC(=O)C(CC(=O)OC(C)(C)C)C(C)C.C=COC(=O)C1CCCN1C(=O)OC(C)(C)C.C=COC(=O)CCC(=O)OC(C)(C)C. The number of ether oxygens (including phenoxy) is 8. The zero-order valence-corrected chi connectivity index (χ0v) is 40.4. The third kappa shape index (κ3) is 34.8. The molecule has 17 nitrogen and oxygen atoms in total. The van der Waals surface area contributed by atoms with Crippen molar-refractivity contribution in [3.05, 3.63) is 51.4 Å². The Morgan fingerprint density at radius 3 is 1.35 bits per heavy atom. The van der Waals surface area contributed by atoms with Crippen molar-refractivity contribution in [1.82, 2.24) is 4.90 Å². The van der Waals surface area contributed by atoms with Crippen molar-refractivity contribution < 1.29 is 76.3 Å². The molecule has 0 aromatic rings. The first-order valence-corrected chi connectivity index (χ1v) is 20.5. The van der Waals surface area contributed by atoms with Gasteiger partial charge in [0.2, 0.25) is 0 Å². The molecular weight excluding hydrogens is 822 g/mol. The zero-order chi connectivity index (χ0) is 49.9. The smallest absolute Gasteiger partial charge is 0.411 e. The van der Waals surface area contributed by atoms with Gasteiger partial charge in [-0.1, -0.05) is 47.1 Å². The molecule has 1 rings (SSSR count). The van der Waals surface area contributed by atoms with Gasteiger partial charge in [-0.2, -0.15) is 0 Å². The molecule has 63 heavy (non-hydrogen) atoms. The Hall–Kier alpha value is -5.48. The van der Waals surface area contributed by atoms with Crippen molar-refractivity contribution in [2.45, 2.75) is 171 Å². The van der Waals surface area contributed by atoms with E-state index in [1.54, 1.807) is 90.0 Å². The summed E-state index contributed by atoms with van der Waals surface area (Å²) in [5.74, 6) is -4.06. The predicted molar refractivity (Wildman–Crippen MR) is 235 cm³/mol. The van der Waals surface area contributed by atoms with E-state index in [-0.39, 0.29) is 31.6 Å². The van der Waals surface area contributed by atoms with Crippen LogP contribution in [0.4, 0.5) is 4.79 Å². The molecule has 0 saturated carbocycles. The molecule has 17 heteroatoms. The second-order valence-electron chi connectivity index (χ2n) is 18.2. The van der Waals surface area contributed by atoms with E-state index in [1.807, 2.05) is 13.8 Å². The average Bonchev–Trinajstić information content (AvgIpc) is 3.59. The molecule has 1 amide bonds. The van der Waals surface area contributed by atoms with Gasteiger partial charge in [-0.05, 0) is 102 Å². The third-order valence-electron chi connectivity index (χ3n) is 7.13. The Labute approximate surface area is 374 Å². The number of nitrogens with zero attached hydrogens (tertiary/aromatic N) is 1. The zero-order valence-electron chi connectivity index (χ0n) is 40.4. The number of hydrogen-bond acceptors (Lipinski definition) is 16. The predicted octanol–water partition coefficient (Wildman–Crippen LogP) is 8.59. The molecule has 3 atom stereocenters. The third-order valence-corrected chi connectivity index (χ3v) is 7.13. The van der Waals surface area contributed by atoms with Gasteiger partial charge in [-0.3, -0.25) is 33.7 Å². The van der Waals surface area contributed by atoms with Gasteiger partial charge in [0.05, 0.1) is 62.6 Å². The first-order chi connectivity index (χ1) is 28.6. The molecule has 0 N–H and O–H groups in total. The summed E-state index contributed by atoms with van der Waals surface area (Å²) in [5.41, 5.74) is -2.15. The Morgan fingerprint density at radius 2 is 0.937 bits per heavy atom. The molecule has 0 spiro atoms. The van der Waals surface area contributed by atoms with Crippen LogP contribution in [-0.2, 0) is 71.5 Å². The Kier molecular flexibility index (Phi) is 29.2. The molecule has 1 saturated heterocycles. The minimum atomic E-state index is -0.563. The topological polar surface area (TPSA) is 214 Å². The van der Waals surface area contributed by atoms with Crippen molar-refractivity contribution in [2.24, 2.45) is 17.8 Å². The second-order valence-corrected chi connectivity index (χ2v) is 18.2. The number of esters is 7. The summed E-state index contributed by atoms with van der Waals surface area (Å²) in [7, 11) is 0. The van der Waals surface area contributed by atoms with E-state index >= 15 is 0 Å². The summed E-state index contributed by atoms with van der Waals surface area (Å²) in [4.78, 5) is 92.4. The van der Waals surface area contributed by atoms with E-state index in [9.17, 15) is 38.4 Å². The van der Waals surface area contributed by atoms with Crippen LogP contribution in [0.15, 0.2) is 51.4 Å². The van der Waals surface area contributed by atoms with Gasteiger partial charge in [0.15, 0.2) is 0 Å². The lowest BCUT2D eigenvalue weighted by Crippen LogP contribution is -2.43. The summed E-state index contributed by atoms with van der Waals surface area (Å²) < 4.78 is 38.9. The first kappa shape index (κ1) is 61.8. The van der Waals surface area contributed by atoms with Crippen LogP contribution in [-0.4, -0.2) is 87.8 Å². The summed E-state index contributed by atoms with van der Waals surface area (Å²) in [6.07, 6.45) is 5.24. The number of carbonyl (C=O) groups excluding carboxylic acids is 8. The Morgan fingerprint density at radius 1 is 0.540 bits per heavy atom. The van der Waals surface area contributed by atoms with Crippen LogP contribution in [0.3, 0.4) is 0 Å². The van der Waals surface area contributed by atoms with Crippen LogP contribution < -0.4 is 0 Å². The highest BCUT2D eigenvalue weighted by molar-refractivity contribution is 5.83. The maximum absolute atomic E-state index is 11.9. The molecule has 1 fully saturated rings. The van der Waals surface area contributed by atoms with Gasteiger partial charge < -0.3 is 37.9 Å². The van der Waals surface area contributed by atoms with Gasteiger partial charge in [-0.15, -0.1) is 0 Å². The van der Waals surface area contributed by atoms with Crippen molar-refractivity contribution in [3.8, 4) is 0 Å². The lowest BCUT2D eigenvalue weighted by atomic mass is 9.92. The van der Waals surface area contributed by atoms with Gasteiger partial charge >= 0.3 is 47.9 Å². The molecule has 0 aromatic carbocycles. The fraction of sp³-hybridized carbons (Fsp3) is 0.652. The highest BCUT2D eigenvalue weighted by Gasteiger charge is 2.37. The van der Waals surface area contributed by atoms with Crippen molar-refractivity contribution in [2.75, 3.05) is 6.54 Å². The number of carbonyl (C=O) groups is 8. The van der Waals surface area contributed by atoms with Crippen LogP contribution in [0.25, 0.3) is 0 Å². The van der Waals surface area contributed by atoms with E-state index in [0.29, 0.717) is 13.0 Å². The minimum Gasteiger partial charge on any atom is -0.460 e. The summed E-state index contributed by atoms with van der Waals surface area (Å²) in [5, 5.41) is 0. The van der Waals surface area contributed by atoms with Crippen LogP contribution in [0.1, 0.15) is 142 Å². The summed E-state index contributed by atoms with van der Waals surface area (Å²) in [6.45, 7) is 40.4. The van der Waals surface area contributed by atoms with E-state index in [2.05, 4.69) is 35.8 Å². The molecule has 1 aliphatic heterocycles. The molecule has 1 aliphatic rings.